The lowest BCUT2D eigenvalue weighted by molar-refractivity contribution is 0.112. The van der Waals surface area contributed by atoms with Gasteiger partial charge in [-0.15, -0.1) is 0 Å². The molecule has 0 bridgehead atoms. The van der Waals surface area contributed by atoms with Gasteiger partial charge in [-0.1, -0.05) is 18.2 Å². The predicted molar refractivity (Wildman–Crippen MR) is 78.4 cm³/mol. The van der Waals surface area contributed by atoms with E-state index in [2.05, 4.69) is 4.98 Å². The zero-order valence-electron chi connectivity index (χ0n) is 11.0. The van der Waals surface area contributed by atoms with Gasteiger partial charge in [0.05, 0.1) is 5.52 Å². The maximum atomic E-state index is 10.9. The first-order valence-corrected chi connectivity index (χ1v) is 6.35. The molecular formula is C17H13NO2. The number of aldehydes is 1. The van der Waals surface area contributed by atoms with Crippen LogP contribution in [-0.4, -0.2) is 11.3 Å². The summed E-state index contributed by atoms with van der Waals surface area (Å²) in [5.41, 5.74) is 2.47. The highest BCUT2D eigenvalue weighted by Gasteiger charge is 2.06. The van der Waals surface area contributed by atoms with Gasteiger partial charge in [-0.05, 0) is 42.8 Å². The molecule has 3 nitrogen and oxygen atoms in total. The van der Waals surface area contributed by atoms with Crippen LogP contribution in [0.15, 0.2) is 54.7 Å². The Balaban J connectivity index is 2.07. The van der Waals surface area contributed by atoms with Crippen LogP contribution in [0, 0.1) is 6.92 Å². The van der Waals surface area contributed by atoms with Crippen LogP contribution in [0.1, 0.15) is 15.9 Å². The second-order valence-corrected chi connectivity index (χ2v) is 4.57. The predicted octanol–water partition coefficient (Wildman–Crippen LogP) is 4.15. The zero-order valence-corrected chi connectivity index (χ0v) is 11.0. The van der Waals surface area contributed by atoms with Crippen molar-refractivity contribution in [2.45, 2.75) is 6.92 Å². The molecule has 0 aliphatic rings. The molecule has 0 saturated heterocycles. The van der Waals surface area contributed by atoms with Gasteiger partial charge in [0, 0.05) is 17.1 Å². The molecule has 2 aromatic carbocycles. The summed E-state index contributed by atoms with van der Waals surface area (Å²) in [7, 11) is 0. The summed E-state index contributed by atoms with van der Waals surface area (Å²) in [6, 6.07) is 15.0. The van der Waals surface area contributed by atoms with E-state index in [1.165, 1.54) is 0 Å². The highest BCUT2D eigenvalue weighted by atomic mass is 16.5. The lowest BCUT2D eigenvalue weighted by atomic mass is 10.1. The number of hydrogen-bond acceptors (Lipinski definition) is 3. The van der Waals surface area contributed by atoms with Gasteiger partial charge >= 0.3 is 0 Å². The molecular weight excluding hydrogens is 250 g/mol. The fraction of sp³-hybridized carbons (Fsp3) is 0.0588. The molecule has 0 unspecified atom stereocenters. The molecule has 0 saturated carbocycles. The quantitative estimate of drug-likeness (QED) is 0.666. The Hall–Kier alpha value is -2.68. The Morgan fingerprint density at radius 2 is 1.95 bits per heavy atom. The molecule has 98 valence electrons. The molecule has 3 rings (SSSR count). The third kappa shape index (κ3) is 2.26. The zero-order chi connectivity index (χ0) is 13.9. The molecule has 0 atom stereocenters. The van der Waals surface area contributed by atoms with Crippen LogP contribution in [0.4, 0.5) is 0 Å². The molecule has 20 heavy (non-hydrogen) atoms. The van der Waals surface area contributed by atoms with Gasteiger partial charge in [0.1, 0.15) is 17.8 Å². The number of aromatic nitrogens is 1. The summed E-state index contributed by atoms with van der Waals surface area (Å²) < 4.78 is 5.97. The van der Waals surface area contributed by atoms with Crippen LogP contribution in [0.3, 0.4) is 0 Å². The Morgan fingerprint density at radius 3 is 2.80 bits per heavy atom. The molecule has 0 amide bonds. The normalized spacial score (nSPS) is 10.4. The van der Waals surface area contributed by atoms with Crippen LogP contribution in [0.5, 0.6) is 11.5 Å². The van der Waals surface area contributed by atoms with Gasteiger partial charge in [-0.25, -0.2) is 0 Å². The van der Waals surface area contributed by atoms with E-state index < -0.39 is 0 Å². The van der Waals surface area contributed by atoms with E-state index in [0.717, 1.165) is 28.5 Å². The van der Waals surface area contributed by atoms with Crippen molar-refractivity contribution in [1.29, 1.82) is 0 Å². The number of rotatable bonds is 3. The second-order valence-electron chi connectivity index (χ2n) is 4.57. The number of benzene rings is 2. The van der Waals surface area contributed by atoms with Crippen molar-refractivity contribution in [3.8, 4) is 11.5 Å². The highest BCUT2D eigenvalue weighted by molar-refractivity contribution is 5.85. The van der Waals surface area contributed by atoms with Crippen molar-refractivity contribution >= 4 is 17.2 Å². The van der Waals surface area contributed by atoms with E-state index in [1.54, 1.807) is 18.3 Å². The second kappa shape index (κ2) is 5.13. The number of aryl methyl sites for hydroxylation is 1. The van der Waals surface area contributed by atoms with Gasteiger partial charge < -0.3 is 4.74 Å². The minimum Gasteiger partial charge on any atom is -0.456 e. The standard InChI is InChI=1S/C17H13NO2/c1-12-7-8-13(11-19)10-17(12)20-16-6-2-5-15-14(16)4-3-9-18-15/h2-11H,1H3. The summed E-state index contributed by atoms with van der Waals surface area (Å²) in [5.74, 6) is 1.42. The van der Waals surface area contributed by atoms with Crippen LogP contribution < -0.4 is 4.74 Å². The third-order valence-corrected chi connectivity index (χ3v) is 3.17. The minimum atomic E-state index is 0.601. The van der Waals surface area contributed by atoms with Gasteiger partial charge in [-0.2, -0.15) is 0 Å². The largest absolute Gasteiger partial charge is 0.456 e. The summed E-state index contributed by atoms with van der Waals surface area (Å²) in [4.78, 5) is 15.2. The Kier molecular flexibility index (Phi) is 3.17. The summed E-state index contributed by atoms with van der Waals surface area (Å²) in [6.07, 6.45) is 2.57. The van der Waals surface area contributed by atoms with Gasteiger partial charge in [0.25, 0.3) is 0 Å². The molecule has 0 fully saturated rings. The number of carbonyl (C=O) groups is 1. The Labute approximate surface area is 116 Å². The van der Waals surface area contributed by atoms with Crippen LogP contribution in [-0.2, 0) is 0 Å². The SMILES string of the molecule is Cc1ccc(C=O)cc1Oc1cccc2ncccc12. The average Bonchev–Trinajstić information content (AvgIpc) is 2.50. The van der Waals surface area contributed by atoms with Gasteiger partial charge in [-0.3, -0.25) is 9.78 Å². The molecule has 0 N–H and O–H groups in total. The van der Waals surface area contributed by atoms with E-state index in [4.69, 9.17) is 4.74 Å². The van der Waals surface area contributed by atoms with E-state index in [0.29, 0.717) is 11.3 Å². The number of carbonyl (C=O) groups excluding carboxylic acids is 1. The lowest BCUT2D eigenvalue weighted by Gasteiger charge is -2.11. The van der Waals surface area contributed by atoms with E-state index in [1.807, 2.05) is 43.3 Å². The van der Waals surface area contributed by atoms with Crippen molar-refractivity contribution in [1.82, 2.24) is 4.98 Å². The average molecular weight is 263 g/mol. The third-order valence-electron chi connectivity index (χ3n) is 3.17. The van der Waals surface area contributed by atoms with Crippen LogP contribution in [0.2, 0.25) is 0 Å². The number of pyridine rings is 1. The summed E-state index contributed by atoms with van der Waals surface area (Å²) in [5, 5.41) is 0.950. The number of nitrogens with zero attached hydrogens (tertiary/aromatic N) is 1. The van der Waals surface area contributed by atoms with Crippen LogP contribution in [0.25, 0.3) is 10.9 Å². The van der Waals surface area contributed by atoms with Crippen molar-refractivity contribution in [3.05, 3.63) is 65.9 Å². The van der Waals surface area contributed by atoms with E-state index in [9.17, 15) is 4.79 Å². The fourth-order valence-corrected chi connectivity index (χ4v) is 2.08. The molecule has 0 radical (unpaired) electrons. The molecule has 3 aromatic rings. The first-order valence-electron chi connectivity index (χ1n) is 6.35. The molecule has 1 heterocycles. The summed E-state index contributed by atoms with van der Waals surface area (Å²) in [6.45, 7) is 1.95. The van der Waals surface area contributed by atoms with Crippen LogP contribution >= 0.6 is 0 Å². The van der Waals surface area contributed by atoms with E-state index >= 15 is 0 Å². The van der Waals surface area contributed by atoms with Gasteiger partial charge in [0.15, 0.2) is 0 Å². The first-order chi connectivity index (χ1) is 9.78. The topological polar surface area (TPSA) is 39.2 Å². The Morgan fingerprint density at radius 1 is 1.05 bits per heavy atom. The highest BCUT2D eigenvalue weighted by Crippen LogP contribution is 2.30. The van der Waals surface area contributed by atoms with Crippen molar-refractivity contribution in [2.75, 3.05) is 0 Å². The maximum absolute atomic E-state index is 10.9. The van der Waals surface area contributed by atoms with Crippen molar-refractivity contribution < 1.29 is 9.53 Å². The van der Waals surface area contributed by atoms with E-state index in [-0.39, 0.29) is 0 Å². The minimum absolute atomic E-state index is 0.601. The number of ether oxygens (including phenoxy) is 1. The molecule has 3 heteroatoms. The Bertz CT molecular complexity index is 776. The maximum Gasteiger partial charge on any atom is 0.150 e. The molecule has 0 aliphatic heterocycles. The fourth-order valence-electron chi connectivity index (χ4n) is 2.08. The number of hydrogen-bond donors (Lipinski definition) is 0. The monoisotopic (exact) mass is 263 g/mol. The van der Waals surface area contributed by atoms with Gasteiger partial charge in [0.2, 0.25) is 0 Å². The smallest absolute Gasteiger partial charge is 0.150 e. The molecule has 1 aromatic heterocycles. The van der Waals surface area contributed by atoms with Crippen molar-refractivity contribution in [3.63, 3.8) is 0 Å². The van der Waals surface area contributed by atoms with Crippen molar-refractivity contribution in [2.24, 2.45) is 0 Å². The number of fused-ring (bicyclic) bond motifs is 1. The lowest BCUT2D eigenvalue weighted by Crippen LogP contribution is -1.91. The molecule has 0 aliphatic carbocycles. The molecule has 0 spiro atoms. The first kappa shape index (κ1) is 12.4. The summed E-state index contributed by atoms with van der Waals surface area (Å²) >= 11 is 0.